The highest BCUT2D eigenvalue weighted by Gasteiger charge is 2.15. The van der Waals surface area contributed by atoms with E-state index in [1.807, 2.05) is 44.4 Å². The van der Waals surface area contributed by atoms with E-state index >= 15 is 0 Å². The third-order valence-electron chi connectivity index (χ3n) is 5.56. The second-order valence-corrected chi connectivity index (χ2v) is 10.0. The number of aromatic nitrogens is 2. The van der Waals surface area contributed by atoms with Gasteiger partial charge in [-0.25, -0.2) is 9.97 Å². The number of aliphatic imine (C=N–C) groups is 1. The summed E-state index contributed by atoms with van der Waals surface area (Å²) in [5.74, 6) is 0.251. The number of rotatable bonds is 9. The van der Waals surface area contributed by atoms with E-state index in [9.17, 15) is 15.2 Å². The van der Waals surface area contributed by atoms with Crippen molar-refractivity contribution >= 4 is 55.6 Å². The van der Waals surface area contributed by atoms with Gasteiger partial charge in [0.2, 0.25) is 0 Å². The lowest BCUT2D eigenvalue weighted by Crippen LogP contribution is -2.38. The third-order valence-corrected chi connectivity index (χ3v) is 6.06. The fourth-order valence-corrected chi connectivity index (χ4v) is 4.20. The highest BCUT2D eigenvalue weighted by molar-refractivity contribution is 9.10. The lowest BCUT2D eigenvalue weighted by atomic mass is 10.2. The Labute approximate surface area is 222 Å². The van der Waals surface area contributed by atoms with Crippen molar-refractivity contribution < 1.29 is 14.5 Å². The van der Waals surface area contributed by atoms with Crippen molar-refractivity contribution in [3.63, 3.8) is 0 Å². The molecule has 37 heavy (non-hydrogen) atoms. The summed E-state index contributed by atoms with van der Waals surface area (Å²) in [6, 6.07) is 19.6. The van der Waals surface area contributed by atoms with Gasteiger partial charge in [-0.2, -0.15) is 0 Å². The highest BCUT2D eigenvalue weighted by Crippen LogP contribution is 2.28. The van der Waals surface area contributed by atoms with Gasteiger partial charge in [0, 0.05) is 33.2 Å². The van der Waals surface area contributed by atoms with Crippen molar-refractivity contribution in [1.29, 1.82) is 0 Å². The Hall–Kier alpha value is -4.15. The molecule has 0 aliphatic heterocycles. The van der Waals surface area contributed by atoms with E-state index in [0.717, 1.165) is 26.6 Å². The van der Waals surface area contributed by atoms with Gasteiger partial charge in [0.25, 0.3) is 5.69 Å². The van der Waals surface area contributed by atoms with Crippen molar-refractivity contribution in [3.05, 3.63) is 105 Å². The number of nitrogens with one attached hydrogen (secondary N) is 1. The van der Waals surface area contributed by atoms with Crippen LogP contribution < -0.4 is 10.4 Å². The maximum absolute atomic E-state index is 12.5. The summed E-state index contributed by atoms with van der Waals surface area (Å²) in [7, 11) is 4.05. The number of nitro groups is 1. The van der Waals surface area contributed by atoms with Gasteiger partial charge in [-0.3, -0.25) is 15.1 Å². The van der Waals surface area contributed by atoms with Crippen LogP contribution in [0.3, 0.4) is 0 Å². The molecule has 9 nitrogen and oxygen atoms in total. The molecule has 1 heterocycles. The largest absolute Gasteiger partial charge is 0.859 e. The molecule has 0 unspecified atom stereocenters. The lowest BCUT2D eigenvalue weighted by Gasteiger charge is -2.28. The van der Waals surface area contributed by atoms with Gasteiger partial charge in [-0.15, -0.1) is 0 Å². The molecule has 3 aromatic carbocycles. The van der Waals surface area contributed by atoms with Crippen LogP contribution in [0.25, 0.3) is 10.9 Å². The number of benzene rings is 3. The number of hydrogen-bond donors (Lipinski definition) is 1. The Morgan fingerprint density at radius 1 is 1.11 bits per heavy atom. The molecule has 0 bridgehead atoms. The van der Waals surface area contributed by atoms with Gasteiger partial charge in [0.15, 0.2) is 0 Å². The maximum Gasteiger partial charge on any atom is 0.269 e. The van der Waals surface area contributed by atoms with Crippen molar-refractivity contribution in [2.45, 2.75) is 6.54 Å². The number of non-ortho nitro benzene ring substituents is 1. The van der Waals surface area contributed by atoms with Crippen LogP contribution in [-0.4, -0.2) is 45.9 Å². The highest BCUT2D eigenvalue weighted by atomic mass is 79.9. The Morgan fingerprint density at radius 3 is 2.62 bits per heavy atom. The van der Waals surface area contributed by atoms with Crippen molar-refractivity contribution in [2.24, 2.45) is 4.99 Å². The van der Waals surface area contributed by atoms with Crippen LogP contribution in [-0.2, 0) is 6.54 Å². The first kappa shape index (κ1) is 25.9. The fourth-order valence-electron chi connectivity index (χ4n) is 3.80. The minimum atomic E-state index is -0.413. The zero-order chi connectivity index (χ0) is 26.4. The summed E-state index contributed by atoms with van der Waals surface area (Å²) < 4.78 is 1.51. The van der Waals surface area contributed by atoms with Gasteiger partial charge < -0.3 is 14.9 Å². The van der Waals surface area contributed by atoms with Gasteiger partial charge in [0.1, 0.15) is 18.7 Å². The molecule has 0 aliphatic carbocycles. The molecule has 0 radical (unpaired) electrons. The van der Waals surface area contributed by atoms with E-state index in [1.165, 1.54) is 24.5 Å². The SMILES string of the molecule is C[N+](C)(C/C=C/C([O-])=Nc1ccc2ncnc(Nc3cccc(Br)c3)c2c1)Cc1ccc([N+](=O)[O-])cc1. The molecule has 0 spiro atoms. The van der Waals surface area contributed by atoms with Crippen LogP contribution in [0.5, 0.6) is 0 Å². The second-order valence-electron chi connectivity index (χ2n) is 9.11. The number of anilines is 2. The molecule has 0 saturated heterocycles. The zero-order valence-corrected chi connectivity index (χ0v) is 21.9. The Balaban J connectivity index is 1.45. The molecular weight excluding hydrogens is 536 g/mol. The Bertz CT molecular complexity index is 1490. The van der Waals surface area contributed by atoms with E-state index in [0.29, 0.717) is 29.1 Å². The summed E-state index contributed by atoms with van der Waals surface area (Å²) in [5.41, 5.74) is 3.15. The first-order chi connectivity index (χ1) is 17.7. The monoisotopic (exact) mass is 560 g/mol. The van der Waals surface area contributed by atoms with Gasteiger partial charge >= 0.3 is 0 Å². The second kappa shape index (κ2) is 11.3. The quantitative estimate of drug-likeness (QED) is 0.0979. The minimum Gasteiger partial charge on any atom is -0.859 e. The van der Waals surface area contributed by atoms with E-state index in [4.69, 9.17) is 0 Å². The number of nitrogens with zero attached hydrogens (tertiary/aromatic N) is 5. The third kappa shape index (κ3) is 7.18. The first-order valence-corrected chi connectivity index (χ1v) is 12.2. The van der Waals surface area contributed by atoms with Crippen LogP contribution in [0, 0.1) is 10.1 Å². The van der Waals surface area contributed by atoms with Crippen molar-refractivity contribution in [1.82, 2.24) is 9.97 Å². The molecule has 4 aromatic rings. The number of quaternary nitrogens is 1. The Kier molecular flexibility index (Phi) is 7.90. The number of likely N-dealkylation sites (N-methyl/N-ethyl adjacent to an activating group) is 1. The Morgan fingerprint density at radius 2 is 1.89 bits per heavy atom. The van der Waals surface area contributed by atoms with Gasteiger partial charge in [0.05, 0.1) is 36.8 Å². The summed E-state index contributed by atoms with van der Waals surface area (Å²) in [4.78, 5) is 23.3. The van der Waals surface area contributed by atoms with Crippen LogP contribution >= 0.6 is 15.9 Å². The maximum atomic E-state index is 12.5. The van der Waals surface area contributed by atoms with Crippen molar-refractivity contribution in [3.8, 4) is 0 Å². The molecule has 10 heteroatoms. The summed E-state index contributed by atoms with van der Waals surface area (Å²) in [6.45, 7) is 1.25. The number of halogens is 1. The molecule has 4 rings (SSSR count). The number of nitro benzene ring substituents is 1. The smallest absolute Gasteiger partial charge is 0.269 e. The molecular formula is C27H25BrN6O3. The van der Waals surface area contributed by atoms with E-state index in [1.54, 1.807) is 30.3 Å². The molecule has 0 amide bonds. The van der Waals surface area contributed by atoms with Gasteiger partial charge in [-0.05, 0) is 66.6 Å². The van der Waals surface area contributed by atoms with Crippen LogP contribution in [0.2, 0.25) is 0 Å². The van der Waals surface area contributed by atoms with Crippen LogP contribution in [0.4, 0.5) is 22.9 Å². The predicted molar refractivity (Wildman–Crippen MR) is 147 cm³/mol. The molecule has 0 fully saturated rings. The van der Waals surface area contributed by atoms with E-state index in [2.05, 4.69) is 36.2 Å². The number of hydrogen-bond acceptors (Lipinski definition) is 7. The average molecular weight is 561 g/mol. The summed E-state index contributed by atoms with van der Waals surface area (Å²) in [6.07, 6.45) is 4.74. The van der Waals surface area contributed by atoms with E-state index < -0.39 is 4.92 Å². The molecule has 0 aliphatic rings. The van der Waals surface area contributed by atoms with Crippen molar-refractivity contribution in [2.75, 3.05) is 26.0 Å². The molecule has 0 saturated carbocycles. The zero-order valence-electron chi connectivity index (χ0n) is 20.3. The summed E-state index contributed by atoms with van der Waals surface area (Å²) >= 11 is 3.47. The number of fused-ring (bicyclic) bond motifs is 1. The molecule has 188 valence electrons. The average Bonchev–Trinajstić information content (AvgIpc) is 2.84. The molecule has 0 atom stereocenters. The normalized spacial score (nSPS) is 12.2. The van der Waals surface area contributed by atoms with Gasteiger partial charge in [-0.1, -0.05) is 22.0 Å². The van der Waals surface area contributed by atoms with E-state index in [-0.39, 0.29) is 11.6 Å². The minimum absolute atomic E-state index is 0.0671. The molecule has 1 N–H and O–H groups in total. The lowest BCUT2D eigenvalue weighted by molar-refractivity contribution is -0.897. The van der Waals surface area contributed by atoms with Crippen LogP contribution in [0.1, 0.15) is 5.56 Å². The topological polar surface area (TPSA) is 116 Å². The molecule has 1 aromatic heterocycles. The fraction of sp³-hybridized carbons (Fsp3) is 0.148. The standard InChI is InChI=1S/C27H25BrN6O3/c1-34(2,17-19-8-11-23(12-9-19)33(36)37)14-4-7-26(35)31-22-10-13-25-24(16-22)27(30-18-29-25)32-21-6-3-5-20(28)15-21/h3-13,15-16,18H,14,17H2,1-2H3,(H-,29,30,31,32,35)/b7-4+. The van der Waals surface area contributed by atoms with Crippen LogP contribution in [0.15, 0.2) is 94.7 Å². The summed E-state index contributed by atoms with van der Waals surface area (Å²) in [5, 5.41) is 27.4. The first-order valence-electron chi connectivity index (χ1n) is 11.4. The predicted octanol–water partition coefficient (Wildman–Crippen LogP) is 5.27.